The van der Waals surface area contributed by atoms with Crippen molar-refractivity contribution in [1.29, 1.82) is 0 Å². The second-order valence-corrected chi connectivity index (χ2v) is 6.58. The molecule has 1 aromatic heterocycles. The van der Waals surface area contributed by atoms with E-state index < -0.39 is 15.8 Å². The van der Waals surface area contributed by atoms with E-state index in [-0.39, 0.29) is 23.7 Å². The molecule has 2 heterocycles. The summed E-state index contributed by atoms with van der Waals surface area (Å²) < 4.78 is 45.1. The number of fused-ring (bicyclic) bond motifs is 1. The Balaban J connectivity index is 2.02. The number of halogens is 1. The van der Waals surface area contributed by atoms with Gasteiger partial charge in [-0.15, -0.1) is 0 Å². The molecule has 21 heavy (non-hydrogen) atoms. The molecule has 0 N–H and O–H groups in total. The summed E-state index contributed by atoms with van der Waals surface area (Å²) in [6.07, 6.45) is 1.62. The highest BCUT2D eigenvalue weighted by atomic mass is 32.2. The number of pyridine rings is 1. The van der Waals surface area contributed by atoms with E-state index in [1.807, 2.05) is 6.07 Å². The SMILES string of the molecule is COc1ccc(F)cc1S(=O)(=O)N1Cc2cccnc2C1. The van der Waals surface area contributed by atoms with Crippen molar-refractivity contribution >= 4 is 10.0 Å². The van der Waals surface area contributed by atoms with E-state index >= 15 is 0 Å². The van der Waals surface area contributed by atoms with Gasteiger partial charge in [-0.2, -0.15) is 4.31 Å². The molecule has 110 valence electrons. The van der Waals surface area contributed by atoms with E-state index in [4.69, 9.17) is 4.74 Å². The molecule has 0 saturated heterocycles. The minimum Gasteiger partial charge on any atom is -0.495 e. The number of sulfonamides is 1. The van der Waals surface area contributed by atoms with Crippen LogP contribution in [-0.4, -0.2) is 24.8 Å². The van der Waals surface area contributed by atoms with Gasteiger partial charge in [-0.25, -0.2) is 12.8 Å². The van der Waals surface area contributed by atoms with Gasteiger partial charge in [0.1, 0.15) is 16.5 Å². The lowest BCUT2D eigenvalue weighted by Crippen LogP contribution is -2.26. The molecule has 0 spiro atoms. The maximum absolute atomic E-state index is 13.4. The largest absolute Gasteiger partial charge is 0.495 e. The van der Waals surface area contributed by atoms with Crippen LogP contribution in [0, 0.1) is 5.82 Å². The van der Waals surface area contributed by atoms with Gasteiger partial charge in [0.2, 0.25) is 10.0 Å². The Bertz CT molecular complexity index is 768. The third kappa shape index (κ3) is 2.38. The van der Waals surface area contributed by atoms with Crippen LogP contribution in [0.1, 0.15) is 11.3 Å². The molecule has 0 fully saturated rings. The maximum atomic E-state index is 13.4. The van der Waals surface area contributed by atoms with Crippen LogP contribution in [-0.2, 0) is 23.1 Å². The van der Waals surface area contributed by atoms with E-state index in [0.29, 0.717) is 0 Å². The van der Waals surface area contributed by atoms with Gasteiger partial charge in [-0.05, 0) is 29.8 Å². The van der Waals surface area contributed by atoms with Crippen LogP contribution in [0.15, 0.2) is 41.4 Å². The molecule has 1 aliphatic rings. The fourth-order valence-electron chi connectivity index (χ4n) is 2.33. The zero-order valence-electron chi connectivity index (χ0n) is 11.3. The molecule has 1 aliphatic heterocycles. The number of rotatable bonds is 3. The average Bonchev–Trinajstić information content (AvgIpc) is 2.92. The smallest absolute Gasteiger partial charge is 0.247 e. The van der Waals surface area contributed by atoms with Gasteiger partial charge < -0.3 is 4.74 Å². The summed E-state index contributed by atoms with van der Waals surface area (Å²) >= 11 is 0. The average molecular weight is 308 g/mol. The van der Waals surface area contributed by atoms with Crippen LogP contribution in [0.4, 0.5) is 4.39 Å². The van der Waals surface area contributed by atoms with Crippen molar-refractivity contribution in [3.05, 3.63) is 53.6 Å². The predicted molar refractivity (Wildman–Crippen MR) is 73.6 cm³/mol. The topological polar surface area (TPSA) is 59.5 Å². The van der Waals surface area contributed by atoms with Gasteiger partial charge in [0.25, 0.3) is 0 Å². The molecule has 0 amide bonds. The van der Waals surface area contributed by atoms with Crippen LogP contribution >= 0.6 is 0 Å². The molecule has 7 heteroatoms. The van der Waals surface area contributed by atoms with Gasteiger partial charge in [-0.1, -0.05) is 6.07 Å². The second kappa shape index (κ2) is 5.09. The zero-order valence-corrected chi connectivity index (χ0v) is 12.1. The summed E-state index contributed by atoms with van der Waals surface area (Å²) in [4.78, 5) is 4.00. The van der Waals surface area contributed by atoms with Gasteiger partial charge in [0.15, 0.2) is 0 Å². The highest BCUT2D eigenvalue weighted by molar-refractivity contribution is 7.89. The van der Waals surface area contributed by atoms with Crippen molar-refractivity contribution in [1.82, 2.24) is 9.29 Å². The van der Waals surface area contributed by atoms with Crippen LogP contribution in [0.5, 0.6) is 5.75 Å². The quantitative estimate of drug-likeness (QED) is 0.869. The van der Waals surface area contributed by atoms with E-state index in [1.54, 1.807) is 12.3 Å². The minimum atomic E-state index is -3.84. The zero-order chi connectivity index (χ0) is 15.0. The lowest BCUT2D eigenvalue weighted by molar-refractivity contribution is 0.390. The summed E-state index contributed by atoms with van der Waals surface area (Å²) in [6, 6.07) is 7.05. The number of benzene rings is 1. The summed E-state index contributed by atoms with van der Waals surface area (Å²) in [5, 5.41) is 0. The Morgan fingerprint density at radius 1 is 1.29 bits per heavy atom. The maximum Gasteiger partial charge on any atom is 0.247 e. The number of hydrogen-bond donors (Lipinski definition) is 0. The molecule has 0 aliphatic carbocycles. The van der Waals surface area contributed by atoms with Crippen LogP contribution in [0.2, 0.25) is 0 Å². The lowest BCUT2D eigenvalue weighted by atomic mass is 10.2. The highest BCUT2D eigenvalue weighted by Gasteiger charge is 2.33. The summed E-state index contributed by atoms with van der Waals surface area (Å²) in [6.45, 7) is 0.406. The lowest BCUT2D eigenvalue weighted by Gasteiger charge is -2.17. The number of nitrogens with zero attached hydrogens (tertiary/aromatic N) is 2. The third-order valence-electron chi connectivity index (χ3n) is 3.40. The van der Waals surface area contributed by atoms with Crippen molar-refractivity contribution in [3.63, 3.8) is 0 Å². The summed E-state index contributed by atoms with van der Waals surface area (Å²) in [7, 11) is -2.49. The molecular weight excluding hydrogens is 295 g/mol. The fourth-order valence-corrected chi connectivity index (χ4v) is 3.88. The standard InChI is InChI=1S/C14H13FN2O3S/c1-20-13-5-4-11(15)7-14(13)21(18,19)17-8-10-3-2-6-16-12(10)9-17/h2-7H,8-9H2,1H3. The molecule has 0 bridgehead atoms. The van der Waals surface area contributed by atoms with E-state index in [2.05, 4.69) is 4.98 Å². The predicted octanol–water partition coefficient (Wildman–Crippen LogP) is 1.93. The van der Waals surface area contributed by atoms with Crippen molar-refractivity contribution in [2.45, 2.75) is 18.0 Å². The number of methoxy groups -OCH3 is 1. The molecule has 0 unspecified atom stereocenters. The van der Waals surface area contributed by atoms with Gasteiger partial charge >= 0.3 is 0 Å². The van der Waals surface area contributed by atoms with Gasteiger partial charge in [-0.3, -0.25) is 4.98 Å². The number of aromatic nitrogens is 1. The van der Waals surface area contributed by atoms with E-state index in [9.17, 15) is 12.8 Å². The van der Waals surface area contributed by atoms with Crippen LogP contribution in [0.3, 0.4) is 0 Å². The van der Waals surface area contributed by atoms with Crippen molar-refractivity contribution < 1.29 is 17.5 Å². The van der Waals surface area contributed by atoms with Crippen molar-refractivity contribution in [3.8, 4) is 5.75 Å². The minimum absolute atomic E-state index is 0.125. The molecular formula is C14H13FN2O3S. The van der Waals surface area contributed by atoms with E-state index in [0.717, 1.165) is 23.4 Å². The highest BCUT2D eigenvalue weighted by Crippen LogP contribution is 2.32. The first-order valence-corrected chi connectivity index (χ1v) is 7.73. The molecule has 0 radical (unpaired) electrons. The van der Waals surface area contributed by atoms with E-state index in [1.165, 1.54) is 17.5 Å². The van der Waals surface area contributed by atoms with Crippen LogP contribution < -0.4 is 4.74 Å². The molecule has 0 atom stereocenters. The molecule has 1 aromatic carbocycles. The second-order valence-electron chi connectivity index (χ2n) is 4.68. The Kier molecular flexibility index (Phi) is 3.38. The number of hydrogen-bond acceptors (Lipinski definition) is 4. The van der Waals surface area contributed by atoms with Gasteiger partial charge in [0.05, 0.1) is 19.3 Å². The fraction of sp³-hybridized carbons (Fsp3) is 0.214. The first-order chi connectivity index (χ1) is 10.0. The normalized spacial score (nSPS) is 15.0. The Morgan fingerprint density at radius 2 is 2.10 bits per heavy atom. The first-order valence-electron chi connectivity index (χ1n) is 6.29. The molecule has 0 saturated carbocycles. The van der Waals surface area contributed by atoms with Crippen molar-refractivity contribution in [2.75, 3.05) is 7.11 Å². The molecule has 3 rings (SSSR count). The van der Waals surface area contributed by atoms with Crippen LogP contribution in [0.25, 0.3) is 0 Å². The monoisotopic (exact) mass is 308 g/mol. The third-order valence-corrected chi connectivity index (χ3v) is 5.21. The number of ether oxygens (including phenoxy) is 1. The van der Waals surface area contributed by atoms with Crippen molar-refractivity contribution in [2.24, 2.45) is 0 Å². The van der Waals surface area contributed by atoms with Gasteiger partial charge in [0, 0.05) is 12.7 Å². The Morgan fingerprint density at radius 3 is 2.81 bits per heavy atom. The molecule has 5 nitrogen and oxygen atoms in total. The first kappa shape index (κ1) is 14.0. The summed E-state index contributed by atoms with van der Waals surface area (Å²) in [5.41, 5.74) is 1.58. The summed E-state index contributed by atoms with van der Waals surface area (Å²) in [5.74, 6) is -0.496. The molecule has 2 aromatic rings. The Labute approximate surface area is 122 Å². The Hall–Kier alpha value is -1.99.